The second-order valence-electron chi connectivity index (χ2n) is 8.72. The van der Waals surface area contributed by atoms with E-state index in [2.05, 4.69) is 49.9 Å². The second-order valence-corrected chi connectivity index (χ2v) is 8.72. The SMILES string of the molecule is C=C(C)C(=O)OCc1c(CCCO)ccc(-c2ccc(C3CCCCC3)cc2)c1CC. The Morgan fingerprint density at radius 1 is 1.06 bits per heavy atom. The maximum absolute atomic E-state index is 12.0. The molecule has 0 bridgehead atoms. The molecule has 0 radical (unpaired) electrons. The van der Waals surface area contributed by atoms with Gasteiger partial charge in [-0.1, -0.05) is 69.2 Å². The molecular formula is C28H36O3. The topological polar surface area (TPSA) is 46.5 Å². The molecule has 0 atom stereocenters. The minimum absolute atomic E-state index is 0.150. The van der Waals surface area contributed by atoms with Crippen LogP contribution < -0.4 is 0 Å². The fraction of sp³-hybridized carbons (Fsp3) is 0.464. The summed E-state index contributed by atoms with van der Waals surface area (Å²) in [5.74, 6) is 0.337. The van der Waals surface area contributed by atoms with Crippen LogP contribution in [0, 0.1) is 0 Å². The molecule has 1 aliphatic carbocycles. The van der Waals surface area contributed by atoms with E-state index in [4.69, 9.17) is 4.74 Å². The number of carbonyl (C=O) groups is 1. The average Bonchev–Trinajstić information content (AvgIpc) is 2.81. The van der Waals surface area contributed by atoms with E-state index in [9.17, 15) is 9.90 Å². The highest BCUT2D eigenvalue weighted by Crippen LogP contribution is 2.35. The molecule has 0 aliphatic heterocycles. The zero-order valence-corrected chi connectivity index (χ0v) is 19.1. The molecule has 166 valence electrons. The molecule has 3 rings (SSSR count). The van der Waals surface area contributed by atoms with E-state index in [1.807, 2.05) is 0 Å². The summed E-state index contributed by atoms with van der Waals surface area (Å²) in [6.07, 6.45) is 8.98. The van der Waals surface area contributed by atoms with Crippen molar-refractivity contribution in [1.82, 2.24) is 0 Å². The van der Waals surface area contributed by atoms with Crippen molar-refractivity contribution < 1.29 is 14.6 Å². The van der Waals surface area contributed by atoms with Crippen molar-refractivity contribution in [3.8, 4) is 11.1 Å². The van der Waals surface area contributed by atoms with E-state index in [-0.39, 0.29) is 19.2 Å². The second kappa shape index (κ2) is 11.3. The molecule has 1 N–H and O–H groups in total. The van der Waals surface area contributed by atoms with Crippen LogP contribution in [0.3, 0.4) is 0 Å². The van der Waals surface area contributed by atoms with Crippen LogP contribution in [0.4, 0.5) is 0 Å². The molecule has 2 aromatic carbocycles. The van der Waals surface area contributed by atoms with Crippen molar-refractivity contribution >= 4 is 5.97 Å². The molecule has 31 heavy (non-hydrogen) atoms. The Morgan fingerprint density at radius 3 is 2.39 bits per heavy atom. The van der Waals surface area contributed by atoms with Crippen molar-refractivity contribution in [3.63, 3.8) is 0 Å². The first-order valence-electron chi connectivity index (χ1n) is 11.7. The van der Waals surface area contributed by atoms with Crippen LogP contribution in [-0.2, 0) is 29.0 Å². The number of esters is 1. The molecule has 0 unspecified atom stereocenters. The first kappa shape index (κ1) is 23.3. The standard InChI is InChI=1S/C28H36O3/c1-4-25-26(24-14-12-22(13-15-24)21-9-6-5-7-10-21)17-16-23(11-8-18-29)27(25)19-31-28(30)20(2)3/h12-17,21,29H,2,4-11,18-19H2,1,3H3. The molecule has 0 aromatic heterocycles. The lowest BCUT2D eigenvalue weighted by atomic mass is 9.83. The monoisotopic (exact) mass is 420 g/mol. The molecule has 3 nitrogen and oxygen atoms in total. The van der Waals surface area contributed by atoms with Crippen LogP contribution in [-0.4, -0.2) is 17.7 Å². The van der Waals surface area contributed by atoms with Crippen LogP contribution in [0.25, 0.3) is 11.1 Å². The van der Waals surface area contributed by atoms with Crippen LogP contribution in [0.15, 0.2) is 48.6 Å². The van der Waals surface area contributed by atoms with E-state index in [0.717, 1.165) is 24.0 Å². The number of aliphatic hydroxyl groups excluding tert-OH is 1. The molecule has 0 amide bonds. The molecule has 0 heterocycles. The number of benzene rings is 2. The predicted octanol–water partition coefficient (Wildman–Crippen LogP) is 6.51. The van der Waals surface area contributed by atoms with Crippen LogP contribution in [0.2, 0.25) is 0 Å². The number of aryl methyl sites for hydroxylation is 1. The summed E-state index contributed by atoms with van der Waals surface area (Å²) < 4.78 is 5.54. The normalized spacial score (nSPS) is 14.4. The number of carbonyl (C=O) groups excluding carboxylic acids is 1. The van der Waals surface area contributed by atoms with Crippen molar-refractivity contribution in [2.45, 2.75) is 77.7 Å². The quantitative estimate of drug-likeness (QED) is 0.372. The molecule has 2 aromatic rings. The van der Waals surface area contributed by atoms with Gasteiger partial charge in [0.15, 0.2) is 0 Å². The summed E-state index contributed by atoms with van der Waals surface area (Å²) in [7, 11) is 0. The third-order valence-corrected chi connectivity index (χ3v) is 6.48. The average molecular weight is 421 g/mol. The van der Waals surface area contributed by atoms with Crippen LogP contribution >= 0.6 is 0 Å². The van der Waals surface area contributed by atoms with Gasteiger partial charge in [0.1, 0.15) is 6.61 Å². The number of rotatable bonds is 9. The van der Waals surface area contributed by atoms with Crippen LogP contribution in [0.5, 0.6) is 0 Å². The Balaban J connectivity index is 1.92. The van der Waals surface area contributed by atoms with Gasteiger partial charge >= 0.3 is 5.97 Å². The van der Waals surface area contributed by atoms with Gasteiger partial charge < -0.3 is 9.84 Å². The van der Waals surface area contributed by atoms with E-state index >= 15 is 0 Å². The van der Waals surface area contributed by atoms with Gasteiger partial charge in [-0.2, -0.15) is 0 Å². The fourth-order valence-electron chi connectivity index (χ4n) is 4.73. The van der Waals surface area contributed by atoms with E-state index in [1.54, 1.807) is 6.92 Å². The smallest absolute Gasteiger partial charge is 0.333 e. The Kier molecular flexibility index (Phi) is 8.48. The van der Waals surface area contributed by atoms with Crippen molar-refractivity contribution in [2.75, 3.05) is 6.61 Å². The molecule has 0 saturated heterocycles. The number of hydrogen-bond donors (Lipinski definition) is 1. The first-order valence-corrected chi connectivity index (χ1v) is 11.7. The van der Waals surface area contributed by atoms with Gasteiger partial charge in [-0.25, -0.2) is 4.79 Å². The first-order chi connectivity index (χ1) is 15.0. The van der Waals surface area contributed by atoms with Crippen LogP contribution in [0.1, 0.15) is 80.5 Å². The summed E-state index contributed by atoms with van der Waals surface area (Å²) >= 11 is 0. The number of ether oxygens (including phenoxy) is 1. The van der Waals surface area contributed by atoms with Gasteiger partial charge in [-0.15, -0.1) is 0 Å². The number of hydrogen-bond acceptors (Lipinski definition) is 3. The lowest BCUT2D eigenvalue weighted by molar-refractivity contribution is -0.140. The summed E-state index contributed by atoms with van der Waals surface area (Å²) in [5.41, 5.74) is 7.70. The lowest BCUT2D eigenvalue weighted by Crippen LogP contribution is -2.10. The molecule has 1 fully saturated rings. The summed E-state index contributed by atoms with van der Waals surface area (Å²) in [5, 5.41) is 9.30. The predicted molar refractivity (Wildman–Crippen MR) is 127 cm³/mol. The molecular weight excluding hydrogens is 384 g/mol. The summed E-state index contributed by atoms with van der Waals surface area (Å²) in [4.78, 5) is 12.0. The summed E-state index contributed by atoms with van der Waals surface area (Å²) in [6, 6.07) is 13.4. The molecule has 3 heteroatoms. The van der Waals surface area contributed by atoms with E-state index < -0.39 is 0 Å². The molecule has 1 aliphatic rings. The lowest BCUT2D eigenvalue weighted by Gasteiger charge is -2.22. The third-order valence-electron chi connectivity index (χ3n) is 6.48. The van der Waals surface area contributed by atoms with Gasteiger partial charge in [0.05, 0.1) is 0 Å². The van der Waals surface area contributed by atoms with Crippen molar-refractivity contribution in [2.24, 2.45) is 0 Å². The minimum atomic E-state index is -0.364. The number of aliphatic hydroxyl groups is 1. The Morgan fingerprint density at radius 2 is 1.77 bits per heavy atom. The highest BCUT2D eigenvalue weighted by molar-refractivity contribution is 5.87. The molecule has 0 spiro atoms. The Bertz CT molecular complexity index is 889. The van der Waals surface area contributed by atoms with Gasteiger partial charge in [0.25, 0.3) is 0 Å². The van der Waals surface area contributed by atoms with E-state index in [0.29, 0.717) is 17.9 Å². The third kappa shape index (κ3) is 5.86. The van der Waals surface area contributed by atoms with Crippen molar-refractivity contribution in [3.05, 3.63) is 70.8 Å². The van der Waals surface area contributed by atoms with Gasteiger partial charge in [-0.05, 0) is 78.3 Å². The largest absolute Gasteiger partial charge is 0.457 e. The molecule has 1 saturated carbocycles. The maximum Gasteiger partial charge on any atom is 0.333 e. The van der Waals surface area contributed by atoms with Gasteiger partial charge in [-0.3, -0.25) is 0 Å². The Hall–Kier alpha value is -2.39. The zero-order chi connectivity index (χ0) is 22.2. The van der Waals surface area contributed by atoms with Crippen molar-refractivity contribution in [1.29, 1.82) is 0 Å². The van der Waals surface area contributed by atoms with Gasteiger partial charge in [0, 0.05) is 12.2 Å². The minimum Gasteiger partial charge on any atom is -0.457 e. The highest BCUT2D eigenvalue weighted by atomic mass is 16.5. The fourth-order valence-corrected chi connectivity index (χ4v) is 4.73. The maximum atomic E-state index is 12.0. The Labute approximate surface area is 187 Å². The van der Waals surface area contributed by atoms with E-state index in [1.165, 1.54) is 54.4 Å². The summed E-state index contributed by atoms with van der Waals surface area (Å²) in [6.45, 7) is 7.89. The van der Waals surface area contributed by atoms with Gasteiger partial charge in [0.2, 0.25) is 0 Å². The zero-order valence-electron chi connectivity index (χ0n) is 19.1. The highest BCUT2D eigenvalue weighted by Gasteiger charge is 2.18.